The number of halogens is 1. The molecule has 8 heteroatoms. The lowest BCUT2D eigenvalue weighted by Crippen LogP contribution is -2.12. The lowest BCUT2D eigenvalue weighted by Gasteiger charge is -2.09. The van der Waals surface area contributed by atoms with Crippen molar-refractivity contribution in [1.82, 2.24) is 4.98 Å². The second-order valence-electron chi connectivity index (χ2n) is 5.54. The first-order chi connectivity index (χ1) is 12.7. The molecule has 0 saturated carbocycles. The molecule has 1 aromatic heterocycles. The number of rotatable bonds is 5. The number of carbonyl (C=O) groups is 1. The first-order valence-corrected chi connectivity index (χ1v) is 9.02. The number of carbonyl (C=O) groups excluding carboxylic acids is 1. The molecule has 2 aromatic carbocycles. The van der Waals surface area contributed by atoms with Crippen molar-refractivity contribution < 1.29 is 14.3 Å². The molecule has 0 atom stereocenters. The minimum absolute atomic E-state index is 0.200. The quantitative estimate of drug-likeness (QED) is 0.679. The van der Waals surface area contributed by atoms with Gasteiger partial charge in [-0.15, -0.1) is 11.3 Å². The molecule has 0 radical (unpaired) electrons. The van der Waals surface area contributed by atoms with Crippen LogP contribution in [0.2, 0.25) is 4.47 Å². The summed E-state index contributed by atoms with van der Waals surface area (Å²) in [5.74, 6) is 1.10. The summed E-state index contributed by atoms with van der Waals surface area (Å²) < 4.78 is 11.1. The third kappa shape index (κ3) is 3.74. The Kier molecular flexibility index (Phi) is 4.64. The number of ether oxygens (including phenoxy) is 2. The zero-order valence-corrected chi connectivity index (χ0v) is 15.1. The Morgan fingerprint density at radius 2 is 2.04 bits per heavy atom. The van der Waals surface area contributed by atoms with Crippen molar-refractivity contribution in [3.63, 3.8) is 0 Å². The van der Waals surface area contributed by atoms with Crippen LogP contribution >= 0.6 is 22.9 Å². The Morgan fingerprint density at radius 3 is 2.88 bits per heavy atom. The zero-order valence-electron chi connectivity index (χ0n) is 13.5. The molecule has 0 aliphatic carbocycles. The maximum atomic E-state index is 12.5. The number of fused-ring (bicyclic) bond motifs is 1. The first kappa shape index (κ1) is 16.7. The van der Waals surface area contributed by atoms with E-state index in [9.17, 15) is 4.79 Å². The van der Waals surface area contributed by atoms with Crippen molar-refractivity contribution in [3.8, 4) is 11.5 Å². The molecule has 0 unspecified atom stereocenters. The molecule has 0 bridgehead atoms. The van der Waals surface area contributed by atoms with Crippen molar-refractivity contribution in [1.29, 1.82) is 0 Å². The smallest absolute Gasteiger partial charge is 0.255 e. The van der Waals surface area contributed by atoms with Crippen LogP contribution in [-0.4, -0.2) is 17.7 Å². The van der Waals surface area contributed by atoms with Crippen LogP contribution in [0.3, 0.4) is 0 Å². The molecule has 132 valence electrons. The fourth-order valence-electron chi connectivity index (χ4n) is 2.50. The van der Waals surface area contributed by atoms with Crippen molar-refractivity contribution in [3.05, 3.63) is 63.6 Å². The maximum Gasteiger partial charge on any atom is 0.255 e. The highest BCUT2D eigenvalue weighted by Crippen LogP contribution is 2.34. The van der Waals surface area contributed by atoms with Crippen LogP contribution in [0, 0.1) is 0 Å². The van der Waals surface area contributed by atoms with E-state index in [0.29, 0.717) is 33.8 Å². The molecular weight excluding hydrogens is 374 g/mol. The average molecular weight is 388 g/mol. The number of thiazole rings is 1. The lowest BCUT2D eigenvalue weighted by molar-refractivity contribution is 0.102. The van der Waals surface area contributed by atoms with Gasteiger partial charge in [-0.1, -0.05) is 17.7 Å². The van der Waals surface area contributed by atoms with Gasteiger partial charge in [-0.2, -0.15) is 0 Å². The molecule has 1 amide bonds. The summed E-state index contributed by atoms with van der Waals surface area (Å²) in [6.45, 7) is 0.795. The van der Waals surface area contributed by atoms with Gasteiger partial charge in [-0.3, -0.25) is 4.79 Å². The summed E-state index contributed by atoms with van der Waals surface area (Å²) in [6, 6.07) is 12.6. The van der Waals surface area contributed by atoms with Gasteiger partial charge in [-0.25, -0.2) is 4.98 Å². The predicted molar refractivity (Wildman–Crippen MR) is 101 cm³/mol. The molecule has 0 saturated heterocycles. The number of hydrogen-bond donors (Lipinski definition) is 2. The van der Waals surface area contributed by atoms with E-state index in [-0.39, 0.29) is 12.7 Å². The molecule has 4 rings (SSSR count). The first-order valence-electron chi connectivity index (χ1n) is 7.82. The van der Waals surface area contributed by atoms with Gasteiger partial charge in [0.25, 0.3) is 5.91 Å². The van der Waals surface area contributed by atoms with Gasteiger partial charge in [0.1, 0.15) is 0 Å². The van der Waals surface area contributed by atoms with E-state index < -0.39 is 0 Å². The molecule has 2 heterocycles. The summed E-state index contributed by atoms with van der Waals surface area (Å²) in [5, 5.41) is 6.13. The van der Waals surface area contributed by atoms with Gasteiger partial charge >= 0.3 is 0 Å². The highest BCUT2D eigenvalue weighted by Gasteiger charge is 2.14. The number of hydrogen-bond acceptors (Lipinski definition) is 6. The van der Waals surface area contributed by atoms with Gasteiger partial charge in [0.2, 0.25) is 6.79 Å². The normalized spacial score (nSPS) is 12.0. The maximum absolute atomic E-state index is 12.5. The van der Waals surface area contributed by atoms with E-state index >= 15 is 0 Å². The molecule has 26 heavy (non-hydrogen) atoms. The second-order valence-corrected chi connectivity index (χ2v) is 7.23. The Hall–Kier alpha value is -2.77. The van der Waals surface area contributed by atoms with Gasteiger partial charge in [0.15, 0.2) is 16.0 Å². The third-order valence-electron chi connectivity index (χ3n) is 3.75. The van der Waals surface area contributed by atoms with Gasteiger partial charge in [0, 0.05) is 34.1 Å². The van der Waals surface area contributed by atoms with Crippen LogP contribution in [0.5, 0.6) is 11.5 Å². The van der Waals surface area contributed by atoms with E-state index in [0.717, 1.165) is 10.6 Å². The summed E-state index contributed by atoms with van der Waals surface area (Å²) >= 11 is 7.25. The van der Waals surface area contributed by atoms with Crippen molar-refractivity contribution in [2.75, 3.05) is 17.4 Å². The van der Waals surface area contributed by atoms with Crippen molar-refractivity contribution in [2.45, 2.75) is 6.54 Å². The molecule has 1 aliphatic heterocycles. The minimum atomic E-state index is -0.201. The number of anilines is 2. The lowest BCUT2D eigenvalue weighted by atomic mass is 10.1. The molecule has 3 aromatic rings. The summed E-state index contributed by atoms with van der Waals surface area (Å²) in [5.41, 5.74) is 2.04. The van der Waals surface area contributed by atoms with Crippen molar-refractivity contribution in [2.24, 2.45) is 0 Å². The van der Waals surface area contributed by atoms with Crippen LogP contribution in [0.15, 0.2) is 48.7 Å². The van der Waals surface area contributed by atoms with E-state index in [1.54, 1.807) is 36.5 Å². The second kappa shape index (κ2) is 7.23. The molecular formula is C18H14ClN3O3S. The molecule has 0 spiro atoms. The fraction of sp³-hybridized carbons (Fsp3) is 0.111. The summed E-state index contributed by atoms with van der Waals surface area (Å²) in [7, 11) is 0. The third-order valence-corrected chi connectivity index (χ3v) is 4.86. The molecule has 0 fully saturated rings. The fourth-order valence-corrected chi connectivity index (χ4v) is 3.42. The summed E-state index contributed by atoms with van der Waals surface area (Å²) in [4.78, 5) is 17.5. The van der Waals surface area contributed by atoms with Crippen LogP contribution < -0.4 is 20.1 Å². The standard InChI is InChI=1S/C18H14ClN3O3S/c19-18-21-9-14(26-18)8-20-12-3-1-2-11(6-12)17(23)22-13-4-5-15-16(7-13)25-10-24-15/h1-7,9,20H,8,10H2,(H,22,23). The van der Waals surface area contributed by atoms with Crippen LogP contribution in [0.4, 0.5) is 11.4 Å². The topological polar surface area (TPSA) is 72.5 Å². The number of nitrogens with zero attached hydrogens (tertiary/aromatic N) is 1. The highest BCUT2D eigenvalue weighted by molar-refractivity contribution is 7.15. The Morgan fingerprint density at radius 1 is 1.15 bits per heavy atom. The van der Waals surface area contributed by atoms with E-state index in [1.165, 1.54) is 11.3 Å². The van der Waals surface area contributed by atoms with Gasteiger partial charge in [0.05, 0.1) is 6.54 Å². The number of amides is 1. The van der Waals surface area contributed by atoms with E-state index in [2.05, 4.69) is 15.6 Å². The average Bonchev–Trinajstić information content (AvgIpc) is 3.28. The SMILES string of the molecule is O=C(Nc1ccc2c(c1)OCO2)c1cccc(NCc2cnc(Cl)s2)c1. The van der Waals surface area contributed by atoms with Crippen LogP contribution in [-0.2, 0) is 6.54 Å². The number of nitrogens with one attached hydrogen (secondary N) is 2. The van der Waals surface area contributed by atoms with Crippen molar-refractivity contribution >= 4 is 40.2 Å². The summed E-state index contributed by atoms with van der Waals surface area (Å²) in [6.07, 6.45) is 1.73. The largest absolute Gasteiger partial charge is 0.454 e. The van der Waals surface area contributed by atoms with E-state index in [4.69, 9.17) is 21.1 Å². The Bertz CT molecular complexity index is 960. The molecule has 2 N–H and O–H groups in total. The Balaban J connectivity index is 1.43. The van der Waals surface area contributed by atoms with Crippen LogP contribution in [0.1, 0.15) is 15.2 Å². The number of benzene rings is 2. The molecule has 6 nitrogen and oxygen atoms in total. The Labute approximate surface area is 158 Å². The van der Waals surface area contributed by atoms with Gasteiger partial charge in [-0.05, 0) is 30.3 Å². The molecule has 1 aliphatic rings. The monoisotopic (exact) mass is 387 g/mol. The highest BCUT2D eigenvalue weighted by atomic mass is 35.5. The zero-order chi connectivity index (χ0) is 17.9. The minimum Gasteiger partial charge on any atom is -0.454 e. The number of aromatic nitrogens is 1. The van der Waals surface area contributed by atoms with E-state index in [1.807, 2.05) is 12.1 Å². The predicted octanol–water partition coefficient (Wildman–Crippen LogP) is 4.39. The van der Waals surface area contributed by atoms with Crippen LogP contribution in [0.25, 0.3) is 0 Å². The van der Waals surface area contributed by atoms with Gasteiger partial charge < -0.3 is 20.1 Å².